The number of nitrogens with zero attached hydrogens (tertiary/aromatic N) is 3. The number of fused-ring (bicyclic) bond motifs is 1. The molecule has 3 rings (SSSR count). The number of amides is 1. The molecule has 0 spiro atoms. The molecule has 8 nitrogen and oxygen atoms in total. The van der Waals surface area contributed by atoms with Crippen LogP contribution in [0.2, 0.25) is 0 Å². The number of hydrogen-bond donors (Lipinski definition) is 2. The molecule has 1 aliphatic rings. The fraction of sp³-hybridized carbons (Fsp3) is 0.421. The Morgan fingerprint density at radius 2 is 2.11 bits per heavy atom. The van der Waals surface area contributed by atoms with Gasteiger partial charge in [0.05, 0.1) is 19.8 Å². The molecule has 0 atom stereocenters. The van der Waals surface area contributed by atoms with Crippen LogP contribution < -0.4 is 5.56 Å². The van der Waals surface area contributed by atoms with Crippen LogP contribution in [0.5, 0.6) is 5.75 Å². The van der Waals surface area contributed by atoms with Crippen LogP contribution in [-0.2, 0) is 30.0 Å². The molecule has 0 unspecified atom stereocenters. The lowest BCUT2D eigenvalue weighted by molar-refractivity contribution is -0.0567. The third-order valence-corrected chi connectivity index (χ3v) is 4.76. The summed E-state index contributed by atoms with van der Waals surface area (Å²) in [5, 5.41) is 19.7. The van der Waals surface area contributed by atoms with Crippen molar-refractivity contribution in [2.24, 2.45) is 0 Å². The van der Waals surface area contributed by atoms with Crippen LogP contribution in [0.25, 0.3) is 0 Å². The third-order valence-electron chi connectivity index (χ3n) is 4.76. The second kappa shape index (κ2) is 7.33. The molecule has 1 amide bonds. The summed E-state index contributed by atoms with van der Waals surface area (Å²) in [5.41, 5.74) is -1.07. The van der Waals surface area contributed by atoms with Gasteiger partial charge in [0.1, 0.15) is 17.2 Å². The van der Waals surface area contributed by atoms with Crippen molar-refractivity contribution in [1.82, 2.24) is 14.5 Å². The van der Waals surface area contributed by atoms with Gasteiger partial charge in [0.2, 0.25) is 5.75 Å². The molecule has 0 aliphatic carbocycles. The highest BCUT2D eigenvalue weighted by Crippen LogP contribution is 2.28. The molecule has 1 aromatic carbocycles. The highest BCUT2D eigenvalue weighted by Gasteiger charge is 2.34. The Morgan fingerprint density at radius 1 is 1.39 bits per heavy atom. The number of aliphatic hydroxyl groups is 1. The summed E-state index contributed by atoms with van der Waals surface area (Å²) in [6.45, 7) is 3.64. The number of carbonyl (C=O) groups excluding carboxylic acids is 1. The first-order chi connectivity index (χ1) is 13.2. The zero-order valence-electron chi connectivity index (χ0n) is 15.9. The standard InChI is InChI=1S/C19H22FN3O5/c1-19(2)18-21-14(15(25)17(27)23(18)6-7-28-19)16(26)22(3)9-11-4-5-13(20)8-12(11)10-24/h4-5,8,24-25H,6-7,9-10H2,1-3H3. The third kappa shape index (κ3) is 3.50. The lowest BCUT2D eigenvalue weighted by Crippen LogP contribution is -2.42. The summed E-state index contributed by atoms with van der Waals surface area (Å²) in [6.07, 6.45) is 0. The van der Waals surface area contributed by atoms with Crippen molar-refractivity contribution < 1.29 is 24.1 Å². The number of halogens is 1. The lowest BCUT2D eigenvalue weighted by atomic mass is 10.1. The molecule has 0 fully saturated rings. The second-order valence-electron chi connectivity index (χ2n) is 7.18. The van der Waals surface area contributed by atoms with E-state index in [-0.39, 0.29) is 31.2 Å². The molecular weight excluding hydrogens is 369 g/mol. The predicted molar refractivity (Wildman–Crippen MR) is 97.3 cm³/mol. The highest BCUT2D eigenvalue weighted by atomic mass is 19.1. The number of carbonyl (C=O) groups is 1. The maximum absolute atomic E-state index is 13.3. The van der Waals surface area contributed by atoms with Crippen LogP contribution in [0.3, 0.4) is 0 Å². The smallest absolute Gasteiger partial charge is 0.296 e. The van der Waals surface area contributed by atoms with Gasteiger partial charge in [0.15, 0.2) is 5.69 Å². The number of aliphatic hydroxyl groups excluding tert-OH is 1. The summed E-state index contributed by atoms with van der Waals surface area (Å²) in [4.78, 5) is 30.9. The topological polar surface area (TPSA) is 105 Å². The molecule has 2 heterocycles. The summed E-state index contributed by atoms with van der Waals surface area (Å²) in [5.74, 6) is -1.63. The van der Waals surface area contributed by atoms with Gasteiger partial charge >= 0.3 is 0 Å². The summed E-state index contributed by atoms with van der Waals surface area (Å²) >= 11 is 0. The number of rotatable bonds is 4. The van der Waals surface area contributed by atoms with E-state index in [1.807, 2.05) is 0 Å². The number of aromatic hydroxyl groups is 1. The molecule has 2 aromatic rings. The van der Waals surface area contributed by atoms with Gasteiger partial charge in [-0.2, -0.15) is 0 Å². The van der Waals surface area contributed by atoms with Gasteiger partial charge in [-0.1, -0.05) is 6.07 Å². The predicted octanol–water partition coefficient (Wildman–Crippen LogP) is 1.12. The van der Waals surface area contributed by atoms with Crippen molar-refractivity contribution in [2.45, 2.75) is 39.1 Å². The number of benzene rings is 1. The quantitative estimate of drug-likeness (QED) is 0.809. The minimum Gasteiger partial charge on any atom is -0.501 e. The average Bonchev–Trinajstić information content (AvgIpc) is 2.65. The average molecular weight is 391 g/mol. The van der Waals surface area contributed by atoms with Crippen molar-refractivity contribution >= 4 is 5.91 Å². The van der Waals surface area contributed by atoms with Crippen LogP contribution in [-0.4, -0.2) is 44.2 Å². The van der Waals surface area contributed by atoms with Crippen molar-refractivity contribution in [3.05, 3.63) is 57.0 Å². The Morgan fingerprint density at radius 3 is 2.79 bits per heavy atom. The van der Waals surface area contributed by atoms with E-state index in [9.17, 15) is 24.2 Å². The van der Waals surface area contributed by atoms with Gasteiger partial charge in [-0.15, -0.1) is 0 Å². The molecule has 2 N–H and O–H groups in total. The maximum Gasteiger partial charge on any atom is 0.296 e. The van der Waals surface area contributed by atoms with Crippen molar-refractivity contribution in [2.75, 3.05) is 13.7 Å². The van der Waals surface area contributed by atoms with E-state index in [0.29, 0.717) is 17.7 Å². The van der Waals surface area contributed by atoms with Crippen LogP contribution in [0.15, 0.2) is 23.0 Å². The van der Waals surface area contributed by atoms with E-state index in [1.165, 1.54) is 34.7 Å². The largest absolute Gasteiger partial charge is 0.501 e. The van der Waals surface area contributed by atoms with Crippen molar-refractivity contribution in [3.63, 3.8) is 0 Å². The van der Waals surface area contributed by atoms with E-state index < -0.39 is 28.6 Å². The Bertz CT molecular complexity index is 986. The van der Waals surface area contributed by atoms with Gasteiger partial charge in [-0.3, -0.25) is 14.2 Å². The first kappa shape index (κ1) is 20.0. The van der Waals surface area contributed by atoms with Gasteiger partial charge in [0, 0.05) is 13.6 Å². The normalized spacial score (nSPS) is 15.2. The Labute approximate surface area is 160 Å². The SMILES string of the molecule is CN(Cc1ccc(F)cc1CO)C(=O)c1nc2n(c(=O)c1O)CCOC2(C)C. The van der Waals surface area contributed by atoms with E-state index in [2.05, 4.69) is 4.98 Å². The summed E-state index contributed by atoms with van der Waals surface area (Å²) < 4.78 is 20.3. The molecule has 1 aliphatic heterocycles. The van der Waals surface area contributed by atoms with Gasteiger partial charge < -0.3 is 19.8 Å². The highest BCUT2D eigenvalue weighted by molar-refractivity contribution is 5.94. The minimum atomic E-state index is -0.889. The summed E-state index contributed by atoms with van der Waals surface area (Å²) in [6, 6.07) is 3.89. The fourth-order valence-electron chi connectivity index (χ4n) is 3.22. The Hall–Kier alpha value is -2.78. The minimum absolute atomic E-state index is 0.0361. The Kier molecular flexibility index (Phi) is 5.22. The number of hydrogen-bond acceptors (Lipinski definition) is 6. The zero-order chi connectivity index (χ0) is 20.6. The first-order valence-corrected chi connectivity index (χ1v) is 8.77. The van der Waals surface area contributed by atoms with E-state index in [4.69, 9.17) is 4.74 Å². The second-order valence-corrected chi connectivity index (χ2v) is 7.18. The molecule has 0 bridgehead atoms. The van der Waals surface area contributed by atoms with Crippen molar-refractivity contribution in [3.8, 4) is 5.75 Å². The Balaban J connectivity index is 1.97. The number of aromatic nitrogens is 2. The van der Waals surface area contributed by atoms with Crippen LogP contribution >= 0.6 is 0 Å². The van der Waals surface area contributed by atoms with Gasteiger partial charge in [-0.25, -0.2) is 9.37 Å². The van der Waals surface area contributed by atoms with E-state index in [1.54, 1.807) is 13.8 Å². The first-order valence-electron chi connectivity index (χ1n) is 8.77. The zero-order valence-corrected chi connectivity index (χ0v) is 15.9. The van der Waals surface area contributed by atoms with E-state index in [0.717, 1.165) is 0 Å². The van der Waals surface area contributed by atoms with Crippen LogP contribution in [0.1, 0.15) is 41.3 Å². The van der Waals surface area contributed by atoms with Crippen molar-refractivity contribution in [1.29, 1.82) is 0 Å². The molecule has 150 valence electrons. The fourth-order valence-corrected chi connectivity index (χ4v) is 3.22. The van der Waals surface area contributed by atoms with Crippen LogP contribution in [0.4, 0.5) is 4.39 Å². The molecule has 0 radical (unpaired) electrons. The molecule has 0 saturated carbocycles. The van der Waals surface area contributed by atoms with Gasteiger partial charge in [-0.05, 0) is 37.1 Å². The molecule has 0 saturated heterocycles. The molecule has 1 aromatic heterocycles. The monoisotopic (exact) mass is 391 g/mol. The lowest BCUT2D eigenvalue weighted by Gasteiger charge is -2.32. The van der Waals surface area contributed by atoms with E-state index >= 15 is 0 Å². The summed E-state index contributed by atoms with van der Waals surface area (Å²) in [7, 11) is 1.46. The molecule has 28 heavy (non-hydrogen) atoms. The van der Waals surface area contributed by atoms with Crippen LogP contribution in [0, 0.1) is 5.82 Å². The molecular formula is C19H22FN3O5. The number of ether oxygens (including phenoxy) is 1. The maximum atomic E-state index is 13.3. The molecule has 9 heteroatoms. The van der Waals surface area contributed by atoms with Gasteiger partial charge in [0.25, 0.3) is 11.5 Å².